The van der Waals surface area contributed by atoms with Gasteiger partial charge in [0.15, 0.2) is 0 Å². The van der Waals surface area contributed by atoms with E-state index in [9.17, 15) is 0 Å². The van der Waals surface area contributed by atoms with Crippen molar-refractivity contribution in [3.05, 3.63) is 47.5 Å². The molecule has 0 atom stereocenters. The van der Waals surface area contributed by atoms with Gasteiger partial charge in [0.25, 0.3) is 0 Å². The van der Waals surface area contributed by atoms with E-state index in [1.165, 1.54) is 24.0 Å². The fourth-order valence-electron chi connectivity index (χ4n) is 2.34. The molecule has 100 valence electrons. The van der Waals surface area contributed by atoms with Gasteiger partial charge >= 0.3 is 0 Å². The van der Waals surface area contributed by atoms with Gasteiger partial charge in [0.2, 0.25) is 0 Å². The van der Waals surface area contributed by atoms with Crippen LogP contribution < -0.4 is 5.32 Å². The number of rotatable bonds is 6. The first kappa shape index (κ1) is 12.4. The lowest BCUT2D eigenvalue weighted by Gasteiger charge is -2.06. The van der Waals surface area contributed by atoms with E-state index in [0.717, 1.165) is 31.3 Å². The Bertz CT molecular complexity index is 543. The third-order valence-electron chi connectivity index (χ3n) is 3.66. The minimum Gasteiger partial charge on any atom is -0.321 e. The molecule has 0 aliphatic heterocycles. The number of nitrogens with one attached hydrogen (secondary N) is 1. The van der Waals surface area contributed by atoms with E-state index in [4.69, 9.17) is 0 Å². The van der Waals surface area contributed by atoms with Crippen LogP contribution in [-0.2, 0) is 20.0 Å². The Kier molecular flexibility index (Phi) is 3.60. The fraction of sp³-hybridized carbons (Fsp3) is 0.467. The summed E-state index contributed by atoms with van der Waals surface area (Å²) < 4.78 is 1.97. The van der Waals surface area contributed by atoms with Crippen molar-refractivity contribution in [1.82, 2.24) is 20.1 Å². The molecule has 0 saturated heterocycles. The summed E-state index contributed by atoms with van der Waals surface area (Å²) in [6, 6.07) is 8.96. The molecule has 0 spiro atoms. The maximum absolute atomic E-state index is 4.08. The Labute approximate surface area is 113 Å². The molecular weight excluding hydrogens is 236 g/mol. The quantitative estimate of drug-likeness (QED) is 0.804. The summed E-state index contributed by atoms with van der Waals surface area (Å²) in [5.41, 5.74) is 2.88. The van der Waals surface area contributed by atoms with Gasteiger partial charge in [-0.15, -0.1) is 10.2 Å². The van der Waals surface area contributed by atoms with Crippen LogP contribution >= 0.6 is 0 Å². The number of aryl methyl sites for hydroxylation is 1. The van der Waals surface area contributed by atoms with Crippen molar-refractivity contribution < 1.29 is 0 Å². The Morgan fingerprint density at radius 2 is 2.26 bits per heavy atom. The van der Waals surface area contributed by atoms with Gasteiger partial charge < -0.3 is 9.88 Å². The summed E-state index contributed by atoms with van der Waals surface area (Å²) in [6.45, 7) is 1.86. The monoisotopic (exact) mass is 256 g/mol. The van der Waals surface area contributed by atoms with Gasteiger partial charge in [0, 0.05) is 26.6 Å². The zero-order valence-corrected chi connectivity index (χ0v) is 11.3. The Morgan fingerprint density at radius 1 is 1.37 bits per heavy atom. The highest BCUT2D eigenvalue weighted by Crippen LogP contribution is 2.40. The maximum atomic E-state index is 4.08. The molecule has 4 heteroatoms. The summed E-state index contributed by atoms with van der Waals surface area (Å²) in [5, 5.41) is 11.4. The maximum Gasteiger partial charge on any atom is 0.133 e. The molecule has 1 aromatic carbocycles. The number of aromatic nitrogens is 3. The number of benzene rings is 1. The van der Waals surface area contributed by atoms with Crippen LogP contribution in [0.15, 0.2) is 30.6 Å². The van der Waals surface area contributed by atoms with Crippen molar-refractivity contribution >= 4 is 0 Å². The Hall–Kier alpha value is -1.68. The number of hydrogen-bond donors (Lipinski definition) is 1. The molecule has 1 aromatic heterocycles. The van der Waals surface area contributed by atoms with Crippen LogP contribution in [-0.4, -0.2) is 21.3 Å². The van der Waals surface area contributed by atoms with Gasteiger partial charge in [-0.25, -0.2) is 0 Å². The van der Waals surface area contributed by atoms with E-state index < -0.39 is 0 Å². The third kappa shape index (κ3) is 3.20. The number of nitrogens with zero attached hydrogens (tertiary/aromatic N) is 3. The SMILES string of the molecule is Cn1cnnc1CCNCc1cccc(C2CC2)c1. The molecule has 1 aliphatic carbocycles. The highest BCUT2D eigenvalue weighted by atomic mass is 15.2. The van der Waals surface area contributed by atoms with Crippen LogP contribution in [0.2, 0.25) is 0 Å². The van der Waals surface area contributed by atoms with E-state index >= 15 is 0 Å². The van der Waals surface area contributed by atoms with Crippen LogP contribution in [0, 0.1) is 0 Å². The van der Waals surface area contributed by atoms with E-state index in [1.807, 2.05) is 11.6 Å². The van der Waals surface area contributed by atoms with Gasteiger partial charge in [-0.2, -0.15) is 0 Å². The smallest absolute Gasteiger partial charge is 0.133 e. The van der Waals surface area contributed by atoms with Gasteiger partial charge in [-0.3, -0.25) is 0 Å². The summed E-state index contributed by atoms with van der Waals surface area (Å²) in [6.07, 6.45) is 5.39. The molecule has 1 fully saturated rings. The predicted octanol–water partition coefficient (Wildman–Crippen LogP) is 2.02. The van der Waals surface area contributed by atoms with E-state index in [-0.39, 0.29) is 0 Å². The average Bonchev–Trinajstić information content (AvgIpc) is 3.20. The first-order chi connectivity index (χ1) is 9.33. The van der Waals surface area contributed by atoms with Crippen molar-refractivity contribution in [3.63, 3.8) is 0 Å². The second-order valence-electron chi connectivity index (χ2n) is 5.30. The Morgan fingerprint density at radius 3 is 3.00 bits per heavy atom. The minimum atomic E-state index is 0.832. The van der Waals surface area contributed by atoms with Crippen LogP contribution in [0.3, 0.4) is 0 Å². The van der Waals surface area contributed by atoms with Crippen LogP contribution in [0.5, 0.6) is 0 Å². The summed E-state index contributed by atoms with van der Waals surface area (Å²) in [5.74, 6) is 1.86. The van der Waals surface area contributed by atoms with Gasteiger partial charge in [0.1, 0.15) is 12.2 Å². The summed E-state index contributed by atoms with van der Waals surface area (Å²) in [7, 11) is 1.98. The highest BCUT2D eigenvalue weighted by molar-refractivity contribution is 5.29. The molecule has 2 aromatic rings. The summed E-state index contributed by atoms with van der Waals surface area (Å²) >= 11 is 0. The molecule has 0 bridgehead atoms. The molecule has 0 unspecified atom stereocenters. The normalized spacial score (nSPS) is 14.8. The van der Waals surface area contributed by atoms with Crippen LogP contribution in [0.25, 0.3) is 0 Å². The molecule has 19 heavy (non-hydrogen) atoms. The van der Waals surface area contributed by atoms with Crippen LogP contribution in [0.4, 0.5) is 0 Å². The molecule has 1 heterocycles. The predicted molar refractivity (Wildman–Crippen MR) is 74.8 cm³/mol. The zero-order chi connectivity index (χ0) is 13.1. The zero-order valence-electron chi connectivity index (χ0n) is 11.3. The molecule has 0 radical (unpaired) electrons. The van der Waals surface area contributed by atoms with E-state index in [1.54, 1.807) is 6.33 Å². The molecular formula is C15H20N4. The second kappa shape index (κ2) is 5.53. The molecule has 0 amide bonds. The minimum absolute atomic E-state index is 0.832. The van der Waals surface area contributed by atoms with Gasteiger partial charge in [-0.05, 0) is 29.9 Å². The number of hydrogen-bond acceptors (Lipinski definition) is 3. The summed E-state index contributed by atoms with van der Waals surface area (Å²) in [4.78, 5) is 0. The van der Waals surface area contributed by atoms with Crippen molar-refractivity contribution in [3.8, 4) is 0 Å². The molecule has 3 rings (SSSR count). The third-order valence-corrected chi connectivity index (χ3v) is 3.66. The molecule has 1 saturated carbocycles. The van der Waals surface area contributed by atoms with E-state index in [0.29, 0.717) is 0 Å². The van der Waals surface area contributed by atoms with Crippen LogP contribution in [0.1, 0.15) is 35.7 Å². The highest BCUT2D eigenvalue weighted by Gasteiger charge is 2.23. The lowest BCUT2D eigenvalue weighted by molar-refractivity contribution is 0.653. The van der Waals surface area contributed by atoms with Crippen molar-refractivity contribution in [2.45, 2.75) is 31.7 Å². The van der Waals surface area contributed by atoms with Gasteiger partial charge in [-0.1, -0.05) is 24.3 Å². The second-order valence-corrected chi connectivity index (χ2v) is 5.30. The largest absolute Gasteiger partial charge is 0.321 e. The van der Waals surface area contributed by atoms with Crippen molar-refractivity contribution in [2.24, 2.45) is 7.05 Å². The topological polar surface area (TPSA) is 42.7 Å². The Balaban J connectivity index is 1.47. The lowest BCUT2D eigenvalue weighted by Crippen LogP contribution is -2.18. The first-order valence-corrected chi connectivity index (χ1v) is 6.95. The van der Waals surface area contributed by atoms with Crippen molar-refractivity contribution in [1.29, 1.82) is 0 Å². The molecule has 1 N–H and O–H groups in total. The van der Waals surface area contributed by atoms with E-state index in [2.05, 4.69) is 39.8 Å². The molecule has 1 aliphatic rings. The van der Waals surface area contributed by atoms with Crippen molar-refractivity contribution in [2.75, 3.05) is 6.54 Å². The first-order valence-electron chi connectivity index (χ1n) is 6.95. The standard InChI is InChI=1S/C15H20N4/c1-19-11-17-18-15(19)7-8-16-10-12-3-2-4-14(9-12)13-5-6-13/h2-4,9,11,13,16H,5-8,10H2,1H3. The molecule has 4 nitrogen and oxygen atoms in total. The lowest BCUT2D eigenvalue weighted by atomic mass is 10.1. The van der Waals surface area contributed by atoms with Gasteiger partial charge in [0.05, 0.1) is 0 Å². The average molecular weight is 256 g/mol. The fourth-order valence-corrected chi connectivity index (χ4v) is 2.34.